The second-order valence-corrected chi connectivity index (χ2v) is 5.81. The molecular weight excluding hydrogens is 306 g/mol. The van der Waals surface area contributed by atoms with Gasteiger partial charge in [0, 0.05) is 13.2 Å². The van der Waals surface area contributed by atoms with Gasteiger partial charge in [0.2, 0.25) is 5.91 Å². The van der Waals surface area contributed by atoms with Crippen LogP contribution in [0.1, 0.15) is 18.6 Å². The molecule has 0 aromatic heterocycles. The lowest BCUT2D eigenvalue weighted by molar-refractivity contribution is -0.143. The van der Waals surface area contributed by atoms with Crippen molar-refractivity contribution in [1.82, 2.24) is 4.90 Å². The Balaban J connectivity index is 1.75. The molecule has 0 bridgehead atoms. The molecule has 5 heteroatoms. The Hall–Kier alpha value is -2.11. The minimum atomic E-state index is -0.101. The molecule has 1 aliphatic rings. The zero-order valence-corrected chi connectivity index (χ0v) is 14.2. The largest absolute Gasteiger partial charge is 0.497 e. The molecule has 1 atom stereocenters. The normalized spacial score (nSPS) is 17.9. The molecule has 1 aliphatic heterocycles. The summed E-state index contributed by atoms with van der Waals surface area (Å²) in [7, 11) is 1.67. The van der Waals surface area contributed by atoms with Gasteiger partial charge in [-0.2, -0.15) is 0 Å². The molecule has 0 radical (unpaired) electrons. The Morgan fingerprint density at radius 2 is 2.04 bits per heavy atom. The Morgan fingerprint density at radius 1 is 1.25 bits per heavy atom. The molecule has 5 nitrogen and oxygen atoms in total. The lowest BCUT2D eigenvalue weighted by Gasteiger charge is -2.33. The van der Waals surface area contributed by atoms with Gasteiger partial charge in [-0.3, -0.25) is 4.79 Å². The number of benzene rings is 2. The van der Waals surface area contributed by atoms with Crippen LogP contribution in [0.5, 0.6) is 5.75 Å². The molecule has 2 aromatic rings. The first-order valence-corrected chi connectivity index (χ1v) is 8.26. The fraction of sp³-hybridized carbons (Fsp3) is 0.421. The summed E-state index contributed by atoms with van der Waals surface area (Å²) in [6.07, 6.45) is -0.101. The number of hydrogen-bond acceptors (Lipinski definition) is 4. The van der Waals surface area contributed by atoms with Gasteiger partial charge in [0.05, 0.1) is 20.3 Å². The first-order chi connectivity index (χ1) is 11.7. The van der Waals surface area contributed by atoms with Crippen LogP contribution in [0, 0.1) is 0 Å². The van der Waals surface area contributed by atoms with Crippen LogP contribution >= 0.6 is 0 Å². The Morgan fingerprint density at radius 3 is 2.83 bits per heavy atom. The number of carbonyl (C=O) groups is 1. The third-order valence-electron chi connectivity index (χ3n) is 4.29. The lowest BCUT2D eigenvalue weighted by atomic mass is 10.0. The summed E-state index contributed by atoms with van der Waals surface area (Å²) in [6, 6.07) is 12.2. The second-order valence-electron chi connectivity index (χ2n) is 5.81. The highest BCUT2D eigenvalue weighted by atomic mass is 16.5. The van der Waals surface area contributed by atoms with Crippen LogP contribution in [0.25, 0.3) is 10.8 Å². The van der Waals surface area contributed by atoms with Crippen molar-refractivity contribution in [1.29, 1.82) is 0 Å². The van der Waals surface area contributed by atoms with E-state index in [1.165, 1.54) is 0 Å². The van der Waals surface area contributed by atoms with Crippen molar-refractivity contribution < 1.29 is 19.0 Å². The molecule has 128 valence electrons. The molecular formula is C19H23NO4. The maximum Gasteiger partial charge on any atom is 0.248 e. The standard InChI is InChI=1S/C19H23NO4/c1-3-23-13-19(21)20-8-9-24-18(12-20)16-5-4-15-11-17(22-2)7-6-14(15)10-16/h4-7,10-11,18H,3,8-9,12-13H2,1-2H3/t18-/m0/s1. The number of carbonyl (C=O) groups excluding carboxylic acids is 1. The monoisotopic (exact) mass is 329 g/mol. The molecule has 0 spiro atoms. The van der Waals surface area contributed by atoms with Crippen LogP contribution in [-0.2, 0) is 14.3 Å². The summed E-state index contributed by atoms with van der Waals surface area (Å²) in [6.45, 7) is 4.30. The van der Waals surface area contributed by atoms with E-state index >= 15 is 0 Å². The molecule has 1 saturated heterocycles. The maximum atomic E-state index is 12.1. The van der Waals surface area contributed by atoms with Crippen LogP contribution in [-0.4, -0.2) is 50.8 Å². The molecule has 1 amide bonds. The fourth-order valence-electron chi connectivity index (χ4n) is 2.93. The topological polar surface area (TPSA) is 48.0 Å². The number of fused-ring (bicyclic) bond motifs is 1. The van der Waals surface area contributed by atoms with Crippen LogP contribution in [0.3, 0.4) is 0 Å². The van der Waals surface area contributed by atoms with E-state index in [0.29, 0.717) is 26.3 Å². The van der Waals surface area contributed by atoms with Gasteiger partial charge in [0.25, 0.3) is 0 Å². The highest BCUT2D eigenvalue weighted by Crippen LogP contribution is 2.27. The van der Waals surface area contributed by atoms with Gasteiger partial charge in [-0.05, 0) is 41.5 Å². The van der Waals surface area contributed by atoms with Crippen molar-refractivity contribution in [3.05, 3.63) is 42.0 Å². The van der Waals surface area contributed by atoms with E-state index < -0.39 is 0 Å². The van der Waals surface area contributed by atoms with Gasteiger partial charge in [0.1, 0.15) is 18.5 Å². The lowest BCUT2D eigenvalue weighted by Crippen LogP contribution is -2.43. The molecule has 0 N–H and O–H groups in total. The smallest absolute Gasteiger partial charge is 0.248 e. The van der Waals surface area contributed by atoms with E-state index in [4.69, 9.17) is 14.2 Å². The minimum Gasteiger partial charge on any atom is -0.497 e. The van der Waals surface area contributed by atoms with Crippen molar-refractivity contribution in [3.8, 4) is 5.75 Å². The number of amides is 1. The van der Waals surface area contributed by atoms with Gasteiger partial charge in [-0.25, -0.2) is 0 Å². The third kappa shape index (κ3) is 3.68. The number of nitrogens with zero attached hydrogens (tertiary/aromatic N) is 1. The molecule has 1 heterocycles. The van der Waals surface area contributed by atoms with Crippen LogP contribution in [0.15, 0.2) is 36.4 Å². The number of hydrogen-bond donors (Lipinski definition) is 0. The van der Waals surface area contributed by atoms with Gasteiger partial charge >= 0.3 is 0 Å². The minimum absolute atomic E-state index is 0.0238. The predicted molar refractivity (Wildman–Crippen MR) is 92.3 cm³/mol. The zero-order valence-electron chi connectivity index (χ0n) is 14.2. The molecule has 1 fully saturated rings. The second kappa shape index (κ2) is 7.64. The van der Waals surface area contributed by atoms with Gasteiger partial charge in [-0.15, -0.1) is 0 Å². The van der Waals surface area contributed by atoms with E-state index in [2.05, 4.69) is 18.2 Å². The molecule has 0 aliphatic carbocycles. The van der Waals surface area contributed by atoms with Crippen molar-refractivity contribution in [2.45, 2.75) is 13.0 Å². The Labute approximate surface area is 142 Å². The van der Waals surface area contributed by atoms with E-state index in [-0.39, 0.29) is 18.6 Å². The average molecular weight is 329 g/mol. The quantitative estimate of drug-likeness (QED) is 0.846. The summed E-state index contributed by atoms with van der Waals surface area (Å²) >= 11 is 0. The molecule has 3 rings (SSSR count). The first kappa shape index (κ1) is 16.7. The van der Waals surface area contributed by atoms with E-state index in [9.17, 15) is 4.79 Å². The van der Waals surface area contributed by atoms with Crippen LogP contribution in [0.4, 0.5) is 0 Å². The van der Waals surface area contributed by atoms with Gasteiger partial charge in [0.15, 0.2) is 0 Å². The SMILES string of the molecule is CCOCC(=O)N1CCO[C@H](c2ccc3cc(OC)ccc3c2)C1. The highest BCUT2D eigenvalue weighted by molar-refractivity contribution is 5.84. The van der Waals surface area contributed by atoms with Crippen molar-refractivity contribution in [2.75, 3.05) is 40.0 Å². The first-order valence-electron chi connectivity index (χ1n) is 8.26. The summed E-state index contributed by atoms with van der Waals surface area (Å²) in [5.74, 6) is 0.868. The highest BCUT2D eigenvalue weighted by Gasteiger charge is 2.25. The molecule has 2 aromatic carbocycles. The van der Waals surface area contributed by atoms with Crippen LogP contribution < -0.4 is 4.74 Å². The van der Waals surface area contributed by atoms with E-state index in [1.807, 2.05) is 30.0 Å². The number of ether oxygens (including phenoxy) is 3. The number of methoxy groups -OCH3 is 1. The molecule has 0 saturated carbocycles. The van der Waals surface area contributed by atoms with E-state index in [1.54, 1.807) is 7.11 Å². The Kier molecular flexibility index (Phi) is 5.33. The van der Waals surface area contributed by atoms with Gasteiger partial charge in [-0.1, -0.05) is 18.2 Å². The zero-order chi connectivity index (χ0) is 16.9. The average Bonchev–Trinajstić information content (AvgIpc) is 2.65. The fourth-order valence-corrected chi connectivity index (χ4v) is 2.93. The summed E-state index contributed by atoms with van der Waals surface area (Å²) < 4.78 is 16.4. The van der Waals surface area contributed by atoms with Crippen molar-refractivity contribution >= 4 is 16.7 Å². The third-order valence-corrected chi connectivity index (χ3v) is 4.29. The van der Waals surface area contributed by atoms with Gasteiger partial charge < -0.3 is 19.1 Å². The Bertz CT molecular complexity index is 716. The molecule has 24 heavy (non-hydrogen) atoms. The summed E-state index contributed by atoms with van der Waals surface area (Å²) in [5, 5.41) is 2.26. The number of morpholine rings is 1. The molecule has 0 unspecified atom stereocenters. The van der Waals surface area contributed by atoms with Crippen molar-refractivity contribution in [2.24, 2.45) is 0 Å². The predicted octanol–water partition coefficient (Wildman–Crippen LogP) is 2.78. The number of rotatable bonds is 5. The van der Waals surface area contributed by atoms with Crippen molar-refractivity contribution in [3.63, 3.8) is 0 Å². The van der Waals surface area contributed by atoms with Crippen LogP contribution in [0.2, 0.25) is 0 Å². The van der Waals surface area contributed by atoms with E-state index in [0.717, 1.165) is 22.1 Å². The maximum absolute atomic E-state index is 12.1. The summed E-state index contributed by atoms with van der Waals surface area (Å²) in [5.41, 5.74) is 1.08. The summed E-state index contributed by atoms with van der Waals surface area (Å²) in [4.78, 5) is 14.0.